The first-order chi connectivity index (χ1) is 4.16. The van der Waals surface area contributed by atoms with Gasteiger partial charge in [0.25, 0.3) is 0 Å². The van der Waals surface area contributed by atoms with Crippen LogP contribution >= 0.6 is 0 Å². The first-order valence-corrected chi connectivity index (χ1v) is 2.93. The summed E-state index contributed by atoms with van der Waals surface area (Å²) in [5, 5.41) is 9.04. The minimum Gasteiger partial charge on any atom is -0.390 e. The van der Waals surface area contributed by atoms with E-state index in [1.165, 1.54) is 0 Å². The SMILES string of the molecule is CN(C)CC(O)CNN. The van der Waals surface area contributed by atoms with Gasteiger partial charge in [-0.2, -0.15) is 0 Å². The van der Waals surface area contributed by atoms with Gasteiger partial charge in [-0.25, -0.2) is 0 Å². The molecule has 4 heteroatoms. The molecule has 0 aliphatic rings. The lowest BCUT2D eigenvalue weighted by molar-refractivity contribution is 0.135. The largest absolute Gasteiger partial charge is 0.390 e. The van der Waals surface area contributed by atoms with Crippen molar-refractivity contribution in [3.8, 4) is 0 Å². The van der Waals surface area contributed by atoms with E-state index >= 15 is 0 Å². The topological polar surface area (TPSA) is 61.5 Å². The second kappa shape index (κ2) is 4.69. The zero-order valence-corrected chi connectivity index (χ0v) is 5.96. The van der Waals surface area contributed by atoms with Crippen LogP contribution in [0.4, 0.5) is 0 Å². The molecule has 0 amide bonds. The van der Waals surface area contributed by atoms with Gasteiger partial charge in [-0.05, 0) is 14.1 Å². The van der Waals surface area contributed by atoms with Crippen LogP contribution in [0.5, 0.6) is 0 Å². The Bertz CT molecular complexity index is 67.2. The third kappa shape index (κ3) is 5.72. The number of likely N-dealkylation sites (N-methyl/N-ethyl adjacent to an activating group) is 1. The van der Waals surface area contributed by atoms with Crippen LogP contribution in [0.15, 0.2) is 0 Å². The van der Waals surface area contributed by atoms with E-state index in [2.05, 4.69) is 5.43 Å². The molecule has 0 spiro atoms. The lowest BCUT2D eigenvalue weighted by Gasteiger charge is -2.14. The summed E-state index contributed by atoms with van der Waals surface area (Å²) in [6.45, 7) is 1.09. The number of aliphatic hydroxyl groups is 1. The Kier molecular flexibility index (Phi) is 4.61. The number of hydrogen-bond donors (Lipinski definition) is 3. The monoisotopic (exact) mass is 133 g/mol. The molecule has 0 radical (unpaired) electrons. The molecule has 0 heterocycles. The lowest BCUT2D eigenvalue weighted by atomic mass is 10.3. The normalized spacial score (nSPS) is 14.3. The van der Waals surface area contributed by atoms with Crippen molar-refractivity contribution in [1.82, 2.24) is 10.3 Å². The van der Waals surface area contributed by atoms with Crippen LogP contribution in [0, 0.1) is 0 Å². The minimum atomic E-state index is -0.370. The van der Waals surface area contributed by atoms with Gasteiger partial charge >= 0.3 is 0 Å². The highest BCUT2D eigenvalue weighted by Crippen LogP contribution is 1.81. The second-order valence-corrected chi connectivity index (χ2v) is 2.32. The molecule has 4 nitrogen and oxygen atoms in total. The van der Waals surface area contributed by atoms with E-state index < -0.39 is 0 Å². The van der Waals surface area contributed by atoms with E-state index in [0.717, 1.165) is 0 Å². The number of nitrogens with one attached hydrogen (secondary N) is 1. The molecule has 0 aliphatic heterocycles. The Labute approximate surface area is 55.6 Å². The third-order valence-corrected chi connectivity index (χ3v) is 0.929. The van der Waals surface area contributed by atoms with Gasteiger partial charge in [-0.1, -0.05) is 0 Å². The van der Waals surface area contributed by atoms with Crippen LogP contribution in [0.25, 0.3) is 0 Å². The molecule has 4 N–H and O–H groups in total. The Morgan fingerprint density at radius 3 is 2.56 bits per heavy atom. The van der Waals surface area contributed by atoms with Crippen molar-refractivity contribution in [2.75, 3.05) is 27.2 Å². The summed E-state index contributed by atoms with van der Waals surface area (Å²) in [7, 11) is 3.81. The number of aliphatic hydroxyl groups excluding tert-OH is 1. The van der Waals surface area contributed by atoms with Crippen molar-refractivity contribution in [2.45, 2.75) is 6.10 Å². The highest BCUT2D eigenvalue weighted by Gasteiger charge is 2.01. The number of nitrogens with zero attached hydrogens (tertiary/aromatic N) is 1. The maximum Gasteiger partial charge on any atom is 0.0804 e. The highest BCUT2D eigenvalue weighted by molar-refractivity contribution is 4.58. The molecular formula is C5H15N3O. The summed E-state index contributed by atoms with van der Waals surface area (Å²) in [6, 6.07) is 0. The third-order valence-electron chi connectivity index (χ3n) is 0.929. The summed E-state index contributed by atoms with van der Waals surface area (Å²) in [4.78, 5) is 1.90. The van der Waals surface area contributed by atoms with Crippen molar-refractivity contribution in [3.63, 3.8) is 0 Å². The van der Waals surface area contributed by atoms with Gasteiger partial charge in [0, 0.05) is 13.1 Å². The number of hydrazine groups is 1. The van der Waals surface area contributed by atoms with Crippen molar-refractivity contribution >= 4 is 0 Å². The zero-order valence-electron chi connectivity index (χ0n) is 5.96. The van der Waals surface area contributed by atoms with Crippen LogP contribution in [0.1, 0.15) is 0 Å². The van der Waals surface area contributed by atoms with Crippen molar-refractivity contribution in [1.29, 1.82) is 0 Å². The lowest BCUT2D eigenvalue weighted by Crippen LogP contribution is -2.37. The maximum absolute atomic E-state index is 9.04. The van der Waals surface area contributed by atoms with Crippen molar-refractivity contribution < 1.29 is 5.11 Å². The molecule has 0 bridgehead atoms. The van der Waals surface area contributed by atoms with Crippen LogP contribution in [-0.2, 0) is 0 Å². The highest BCUT2D eigenvalue weighted by atomic mass is 16.3. The van der Waals surface area contributed by atoms with Gasteiger partial charge in [-0.3, -0.25) is 11.3 Å². The van der Waals surface area contributed by atoms with E-state index in [0.29, 0.717) is 13.1 Å². The molecule has 1 atom stereocenters. The summed E-state index contributed by atoms with van der Waals surface area (Å²) < 4.78 is 0. The standard InChI is InChI=1S/C5H15N3O/c1-8(2)4-5(9)3-7-6/h5,7,9H,3-4,6H2,1-2H3. The number of rotatable bonds is 4. The zero-order chi connectivity index (χ0) is 7.28. The van der Waals surface area contributed by atoms with Gasteiger partial charge in [0.2, 0.25) is 0 Å². The van der Waals surface area contributed by atoms with Gasteiger partial charge < -0.3 is 10.0 Å². The molecule has 0 aromatic heterocycles. The fourth-order valence-electron chi connectivity index (χ4n) is 0.622. The molecule has 9 heavy (non-hydrogen) atoms. The van der Waals surface area contributed by atoms with Crippen molar-refractivity contribution in [2.24, 2.45) is 5.84 Å². The summed E-state index contributed by atoms with van der Waals surface area (Å²) in [5.74, 6) is 4.98. The summed E-state index contributed by atoms with van der Waals surface area (Å²) in [6.07, 6.45) is -0.370. The molecule has 0 saturated carbocycles. The van der Waals surface area contributed by atoms with Crippen LogP contribution in [-0.4, -0.2) is 43.3 Å². The molecule has 1 unspecified atom stereocenters. The van der Waals surface area contributed by atoms with Gasteiger partial charge in [0.05, 0.1) is 6.10 Å². The summed E-state index contributed by atoms with van der Waals surface area (Å²) >= 11 is 0. The Morgan fingerprint density at radius 2 is 2.22 bits per heavy atom. The number of hydrogen-bond acceptors (Lipinski definition) is 4. The molecule has 0 aliphatic carbocycles. The van der Waals surface area contributed by atoms with E-state index in [9.17, 15) is 0 Å². The van der Waals surface area contributed by atoms with Crippen molar-refractivity contribution in [3.05, 3.63) is 0 Å². The smallest absolute Gasteiger partial charge is 0.0804 e. The molecule has 0 saturated heterocycles. The molecule has 0 fully saturated rings. The summed E-state index contributed by atoms with van der Waals surface area (Å²) in [5.41, 5.74) is 2.40. The van der Waals surface area contributed by atoms with Gasteiger partial charge in [0.1, 0.15) is 0 Å². The fraction of sp³-hybridized carbons (Fsp3) is 1.00. The number of nitrogens with two attached hydrogens (primary N) is 1. The van der Waals surface area contributed by atoms with Gasteiger partial charge in [-0.15, -0.1) is 0 Å². The second-order valence-electron chi connectivity index (χ2n) is 2.32. The fourth-order valence-corrected chi connectivity index (χ4v) is 0.622. The quantitative estimate of drug-likeness (QED) is 0.318. The molecule has 0 rings (SSSR count). The van der Waals surface area contributed by atoms with E-state index in [1.807, 2.05) is 19.0 Å². The maximum atomic E-state index is 9.04. The van der Waals surface area contributed by atoms with E-state index in [1.54, 1.807) is 0 Å². The van der Waals surface area contributed by atoms with E-state index in [-0.39, 0.29) is 6.10 Å². The van der Waals surface area contributed by atoms with Crippen LogP contribution in [0.3, 0.4) is 0 Å². The van der Waals surface area contributed by atoms with Gasteiger partial charge in [0.15, 0.2) is 0 Å². The molecule has 0 aromatic rings. The van der Waals surface area contributed by atoms with Crippen LogP contribution < -0.4 is 11.3 Å². The Morgan fingerprint density at radius 1 is 1.67 bits per heavy atom. The molecule has 0 aromatic carbocycles. The van der Waals surface area contributed by atoms with E-state index in [4.69, 9.17) is 10.9 Å². The average molecular weight is 133 g/mol. The Balaban J connectivity index is 3.15. The Hall–Kier alpha value is -0.160. The minimum absolute atomic E-state index is 0.370. The molecular weight excluding hydrogens is 118 g/mol. The predicted octanol–water partition coefficient (Wildman–Crippen LogP) is -1.63. The first-order valence-electron chi connectivity index (χ1n) is 2.93. The van der Waals surface area contributed by atoms with Crippen LogP contribution in [0.2, 0.25) is 0 Å². The predicted molar refractivity (Wildman–Crippen MR) is 36.8 cm³/mol. The average Bonchev–Trinajstić information content (AvgIpc) is 1.63. The first kappa shape index (κ1) is 8.84. The molecule has 56 valence electrons.